The first-order chi connectivity index (χ1) is 12.7. The largest absolute Gasteiger partial charge is 0.481 e. The van der Waals surface area contributed by atoms with Crippen molar-refractivity contribution in [2.45, 2.75) is 51.9 Å². The molecule has 0 fully saturated rings. The van der Waals surface area contributed by atoms with Gasteiger partial charge in [-0.15, -0.1) is 0 Å². The summed E-state index contributed by atoms with van der Waals surface area (Å²) in [6.07, 6.45) is 0.382. The van der Waals surface area contributed by atoms with E-state index in [1.807, 2.05) is 82.3 Å². The number of rotatable bonds is 4. The zero-order valence-corrected chi connectivity index (χ0v) is 16.2. The molecule has 4 heteroatoms. The zero-order valence-electron chi connectivity index (χ0n) is 16.2. The second-order valence-electron chi connectivity index (χ2n) is 7.90. The molecular formula is C23H26O4. The van der Waals surface area contributed by atoms with Crippen molar-refractivity contribution in [1.82, 2.24) is 0 Å². The van der Waals surface area contributed by atoms with E-state index in [9.17, 15) is 9.90 Å². The summed E-state index contributed by atoms with van der Waals surface area (Å²) in [5, 5.41) is 10.8. The van der Waals surface area contributed by atoms with Gasteiger partial charge in [-0.05, 0) is 51.5 Å². The Bertz CT molecular complexity index is 846. The minimum absolute atomic E-state index is 0.114. The van der Waals surface area contributed by atoms with Crippen molar-refractivity contribution in [2.24, 2.45) is 0 Å². The second kappa shape index (κ2) is 7.57. The van der Waals surface area contributed by atoms with Gasteiger partial charge in [0.2, 0.25) is 0 Å². The Balaban J connectivity index is 1.93. The molecular weight excluding hydrogens is 340 g/mol. The Hall–Kier alpha value is -2.59. The van der Waals surface area contributed by atoms with Gasteiger partial charge in [0.15, 0.2) is 0 Å². The molecule has 0 amide bonds. The number of carbonyl (C=O) groups is 1. The van der Waals surface area contributed by atoms with E-state index in [1.54, 1.807) is 0 Å². The second-order valence-corrected chi connectivity index (χ2v) is 7.90. The molecule has 0 unspecified atom stereocenters. The highest BCUT2D eigenvalue weighted by molar-refractivity contribution is 5.73. The molecule has 0 saturated carbocycles. The van der Waals surface area contributed by atoms with Gasteiger partial charge < -0.3 is 14.6 Å². The summed E-state index contributed by atoms with van der Waals surface area (Å²) in [5.41, 5.74) is 3.01. The Morgan fingerprint density at radius 3 is 2.56 bits per heavy atom. The van der Waals surface area contributed by atoms with E-state index in [4.69, 9.17) is 9.47 Å². The van der Waals surface area contributed by atoms with E-state index in [0.717, 1.165) is 22.4 Å². The van der Waals surface area contributed by atoms with Crippen LogP contribution >= 0.6 is 0 Å². The van der Waals surface area contributed by atoms with Crippen molar-refractivity contribution in [3.8, 4) is 5.75 Å². The Morgan fingerprint density at radius 2 is 1.89 bits per heavy atom. The summed E-state index contributed by atoms with van der Waals surface area (Å²) in [4.78, 5) is 12.2. The van der Waals surface area contributed by atoms with Crippen LogP contribution in [-0.4, -0.2) is 22.8 Å². The van der Waals surface area contributed by atoms with Crippen molar-refractivity contribution in [1.29, 1.82) is 0 Å². The molecule has 0 aromatic heterocycles. The van der Waals surface area contributed by atoms with E-state index in [1.165, 1.54) is 0 Å². The van der Waals surface area contributed by atoms with Crippen LogP contribution < -0.4 is 4.74 Å². The summed E-state index contributed by atoms with van der Waals surface area (Å²) in [6, 6.07) is 15.7. The molecule has 0 saturated heterocycles. The smallest absolute Gasteiger partial charge is 0.309 e. The number of aliphatic hydroxyl groups excluding tert-OH is 1. The average Bonchev–Trinajstić information content (AvgIpc) is 2.59. The molecule has 0 bridgehead atoms. The maximum Gasteiger partial charge on any atom is 0.309 e. The van der Waals surface area contributed by atoms with Crippen LogP contribution in [0.15, 0.2) is 54.1 Å². The van der Waals surface area contributed by atoms with Gasteiger partial charge in [-0.3, -0.25) is 4.79 Å². The lowest BCUT2D eigenvalue weighted by Gasteiger charge is -2.30. The van der Waals surface area contributed by atoms with Crippen LogP contribution in [0.3, 0.4) is 0 Å². The number of aliphatic hydroxyl groups is 1. The number of esters is 1. The topological polar surface area (TPSA) is 55.8 Å². The molecule has 2 atom stereocenters. The highest BCUT2D eigenvalue weighted by Crippen LogP contribution is 2.39. The molecule has 27 heavy (non-hydrogen) atoms. The SMILES string of the molecule is Cc1ccc2c(c1)C=C([C@H](O)CC(=O)OC(C)(C)C)[C@H](c1ccccc1)O2. The summed E-state index contributed by atoms with van der Waals surface area (Å²) in [6.45, 7) is 7.44. The van der Waals surface area contributed by atoms with Crippen molar-refractivity contribution in [3.05, 3.63) is 70.8 Å². The molecule has 142 valence electrons. The summed E-state index contributed by atoms with van der Waals surface area (Å²) < 4.78 is 11.6. The lowest BCUT2D eigenvalue weighted by molar-refractivity contribution is -0.156. The minimum atomic E-state index is -0.987. The maximum absolute atomic E-state index is 12.2. The third-order valence-corrected chi connectivity index (χ3v) is 4.30. The number of aryl methyl sites for hydroxylation is 1. The molecule has 3 rings (SSSR count). The number of ether oxygens (including phenoxy) is 2. The fourth-order valence-electron chi connectivity index (χ4n) is 3.16. The van der Waals surface area contributed by atoms with Gasteiger partial charge >= 0.3 is 5.97 Å². The standard InChI is InChI=1S/C23H26O4/c1-15-10-11-20-17(12-15)13-18(19(24)14-21(25)27-23(2,3)4)22(26-20)16-8-6-5-7-9-16/h5-13,19,22,24H,14H2,1-4H3/t19-,22+/m1/s1. The molecule has 4 nitrogen and oxygen atoms in total. The molecule has 1 N–H and O–H groups in total. The van der Waals surface area contributed by atoms with Gasteiger partial charge in [0, 0.05) is 11.1 Å². The van der Waals surface area contributed by atoms with Crippen molar-refractivity contribution in [3.63, 3.8) is 0 Å². The van der Waals surface area contributed by atoms with E-state index in [-0.39, 0.29) is 6.42 Å². The van der Waals surface area contributed by atoms with E-state index in [0.29, 0.717) is 5.57 Å². The lowest BCUT2D eigenvalue weighted by atomic mass is 9.90. The van der Waals surface area contributed by atoms with Crippen molar-refractivity contribution >= 4 is 12.0 Å². The molecule has 0 radical (unpaired) electrons. The van der Waals surface area contributed by atoms with Gasteiger partial charge in [0.25, 0.3) is 0 Å². The van der Waals surface area contributed by atoms with Gasteiger partial charge in [0.05, 0.1) is 12.5 Å². The Labute approximate surface area is 160 Å². The fourth-order valence-corrected chi connectivity index (χ4v) is 3.16. The third kappa shape index (κ3) is 4.77. The zero-order chi connectivity index (χ0) is 19.6. The maximum atomic E-state index is 12.2. The van der Waals surface area contributed by atoms with E-state index >= 15 is 0 Å². The van der Waals surface area contributed by atoms with Crippen LogP contribution in [0.25, 0.3) is 6.08 Å². The monoisotopic (exact) mass is 366 g/mol. The van der Waals surface area contributed by atoms with E-state index in [2.05, 4.69) is 0 Å². The first-order valence-electron chi connectivity index (χ1n) is 9.16. The third-order valence-electron chi connectivity index (χ3n) is 4.30. The number of benzene rings is 2. The summed E-state index contributed by atoms with van der Waals surface area (Å²) in [5.74, 6) is 0.334. The average molecular weight is 366 g/mol. The fraction of sp³-hybridized carbons (Fsp3) is 0.348. The Kier molecular flexibility index (Phi) is 5.38. The van der Waals surface area contributed by atoms with E-state index < -0.39 is 23.8 Å². The van der Waals surface area contributed by atoms with Crippen LogP contribution in [0, 0.1) is 6.92 Å². The number of fused-ring (bicyclic) bond motifs is 1. The summed E-state index contributed by atoms with van der Waals surface area (Å²) >= 11 is 0. The van der Waals surface area contributed by atoms with Gasteiger partial charge in [-0.25, -0.2) is 0 Å². The normalized spacial score (nSPS) is 17.4. The minimum Gasteiger partial charge on any atom is -0.481 e. The molecule has 1 aliphatic heterocycles. The van der Waals surface area contributed by atoms with Gasteiger partial charge in [0.1, 0.15) is 17.5 Å². The molecule has 2 aromatic carbocycles. The predicted molar refractivity (Wildman–Crippen MR) is 105 cm³/mol. The first-order valence-corrected chi connectivity index (χ1v) is 9.16. The highest BCUT2D eigenvalue weighted by atomic mass is 16.6. The van der Waals surface area contributed by atoms with Crippen molar-refractivity contribution < 1.29 is 19.4 Å². The van der Waals surface area contributed by atoms with Crippen LogP contribution in [0.1, 0.15) is 50.0 Å². The van der Waals surface area contributed by atoms with Gasteiger partial charge in [-0.2, -0.15) is 0 Å². The van der Waals surface area contributed by atoms with Crippen LogP contribution in [0.5, 0.6) is 5.75 Å². The highest BCUT2D eigenvalue weighted by Gasteiger charge is 2.31. The molecule has 1 heterocycles. The number of hydrogen-bond donors (Lipinski definition) is 1. The quantitative estimate of drug-likeness (QED) is 0.803. The van der Waals surface area contributed by atoms with Crippen LogP contribution in [0.2, 0.25) is 0 Å². The lowest BCUT2D eigenvalue weighted by Crippen LogP contribution is -2.29. The van der Waals surface area contributed by atoms with Crippen molar-refractivity contribution in [2.75, 3.05) is 0 Å². The first kappa shape index (κ1) is 19.2. The predicted octanol–water partition coefficient (Wildman–Crippen LogP) is 4.60. The number of hydrogen-bond acceptors (Lipinski definition) is 4. The van der Waals surface area contributed by atoms with Crippen LogP contribution in [0.4, 0.5) is 0 Å². The van der Waals surface area contributed by atoms with Gasteiger partial charge in [-0.1, -0.05) is 42.0 Å². The molecule has 0 spiro atoms. The molecule has 0 aliphatic carbocycles. The molecule has 2 aromatic rings. The molecule has 1 aliphatic rings. The Morgan fingerprint density at radius 1 is 1.19 bits per heavy atom. The number of carbonyl (C=O) groups excluding carboxylic acids is 1. The summed E-state index contributed by atoms with van der Waals surface area (Å²) in [7, 11) is 0. The van der Waals surface area contributed by atoms with Crippen LogP contribution in [-0.2, 0) is 9.53 Å².